The van der Waals surface area contributed by atoms with E-state index in [4.69, 9.17) is 10.8 Å². The van der Waals surface area contributed by atoms with E-state index < -0.39 is 11.5 Å². The third-order valence-electron chi connectivity index (χ3n) is 2.05. The molecule has 0 aliphatic carbocycles. The van der Waals surface area contributed by atoms with Gasteiger partial charge in [0.05, 0.1) is 0 Å². The van der Waals surface area contributed by atoms with E-state index in [0.29, 0.717) is 11.6 Å². The Labute approximate surface area is 98.5 Å². The van der Waals surface area contributed by atoms with Gasteiger partial charge < -0.3 is 10.8 Å². The van der Waals surface area contributed by atoms with Crippen molar-refractivity contribution in [3.05, 3.63) is 18.5 Å². The van der Waals surface area contributed by atoms with Crippen molar-refractivity contribution in [2.45, 2.75) is 36.2 Å². The highest BCUT2D eigenvalue weighted by Crippen LogP contribution is 2.24. The molecule has 3 N–H and O–H groups in total. The number of carbonyl (C=O) groups is 1. The minimum atomic E-state index is -1.21. The summed E-state index contributed by atoms with van der Waals surface area (Å²) in [5, 5.41) is 9.58. The van der Waals surface area contributed by atoms with Crippen LogP contribution in [0.4, 0.5) is 0 Å². The van der Waals surface area contributed by atoms with Gasteiger partial charge in [-0.2, -0.15) is 0 Å². The number of rotatable bonds is 5. The van der Waals surface area contributed by atoms with Crippen LogP contribution in [0.25, 0.3) is 0 Å². The molecule has 88 valence electrons. The molecule has 0 aliphatic heterocycles. The van der Waals surface area contributed by atoms with Crippen LogP contribution in [0.3, 0.4) is 0 Å². The molecule has 1 aromatic heterocycles. The SMILES string of the molecule is CC(CC(C)(N)C(=O)O)Sc1ncccn1. The molecule has 1 rings (SSSR count). The maximum atomic E-state index is 10.8. The van der Waals surface area contributed by atoms with Gasteiger partial charge >= 0.3 is 5.97 Å². The number of aliphatic carboxylic acids is 1. The van der Waals surface area contributed by atoms with Gasteiger partial charge in [0.1, 0.15) is 5.54 Å². The second-order valence-electron chi connectivity index (χ2n) is 3.89. The molecule has 1 heterocycles. The Morgan fingerprint density at radius 1 is 1.62 bits per heavy atom. The Bertz CT molecular complexity index is 356. The van der Waals surface area contributed by atoms with Crippen LogP contribution in [-0.4, -0.2) is 31.8 Å². The van der Waals surface area contributed by atoms with E-state index in [9.17, 15) is 4.79 Å². The second kappa shape index (κ2) is 5.27. The van der Waals surface area contributed by atoms with Crippen molar-refractivity contribution < 1.29 is 9.90 Å². The maximum Gasteiger partial charge on any atom is 0.323 e. The first-order valence-corrected chi connectivity index (χ1v) is 5.76. The van der Waals surface area contributed by atoms with Crippen LogP contribution in [0.5, 0.6) is 0 Å². The smallest absolute Gasteiger partial charge is 0.323 e. The highest BCUT2D eigenvalue weighted by molar-refractivity contribution is 7.99. The summed E-state index contributed by atoms with van der Waals surface area (Å²) >= 11 is 1.42. The lowest BCUT2D eigenvalue weighted by molar-refractivity contribution is -0.142. The molecule has 2 atom stereocenters. The van der Waals surface area contributed by atoms with Gasteiger partial charge in [-0.15, -0.1) is 0 Å². The second-order valence-corrected chi connectivity index (χ2v) is 5.29. The maximum absolute atomic E-state index is 10.8. The van der Waals surface area contributed by atoms with Crippen molar-refractivity contribution in [1.82, 2.24) is 9.97 Å². The first-order valence-electron chi connectivity index (χ1n) is 4.88. The molecule has 0 spiro atoms. The van der Waals surface area contributed by atoms with E-state index in [-0.39, 0.29) is 5.25 Å². The topological polar surface area (TPSA) is 89.1 Å². The van der Waals surface area contributed by atoms with Crippen molar-refractivity contribution in [3.8, 4) is 0 Å². The number of nitrogens with zero attached hydrogens (tertiary/aromatic N) is 2. The van der Waals surface area contributed by atoms with Gasteiger partial charge in [0.25, 0.3) is 0 Å². The number of thioether (sulfide) groups is 1. The summed E-state index contributed by atoms with van der Waals surface area (Å²) in [6, 6.07) is 1.74. The lowest BCUT2D eigenvalue weighted by Gasteiger charge is -2.22. The summed E-state index contributed by atoms with van der Waals surface area (Å²) in [7, 11) is 0. The average molecular weight is 241 g/mol. The van der Waals surface area contributed by atoms with Crippen molar-refractivity contribution in [3.63, 3.8) is 0 Å². The fraction of sp³-hybridized carbons (Fsp3) is 0.500. The molecule has 0 radical (unpaired) electrons. The summed E-state index contributed by atoms with van der Waals surface area (Å²) in [6.45, 7) is 3.42. The first kappa shape index (κ1) is 12.9. The van der Waals surface area contributed by atoms with Crippen molar-refractivity contribution in [1.29, 1.82) is 0 Å². The zero-order valence-electron chi connectivity index (χ0n) is 9.25. The third-order valence-corrected chi connectivity index (χ3v) is 3.04. The highest BCUT2D eigenvalue weighted by atomic mass is 32.2. The number of aromatic nitrogens is 2. The van der Waals surface area contributed by atoms with Gasteiger partial charge in [-0.3, -0.25) is 4.79 Å². The lowest BCUT2D eigenvalue weighted by atomic mass is 9.98. The molecular weight excluding hydrogens is 226 g/mol. The average Bonchev–Trinajstić information content (AvgIpc) is 2.17. The zero-order valence-corrected chi connectivity index (χ0v) is 10.1. The monoisotopic (exact) mass is 241 g/mol. The van der Waals surface area contributed by atoms with Gasteiger partial charge in [0.2, 0.25) is 0 Å². The third kappa shape index (κ3) is 3.79. The van der Waals surface area contributed by atoms with Crippen LogP contribution in [0, 0.1) is 0 Å². The van der Waals surface area contributed by atoms with Crippen LogP contribution in [0.15, 0.2) is 23.6 Å². The molecule has 0 amide bonds. The molecule has 1 aromatic rings. The fourth-order valence-corrected chi connectivity index (χ4v) is 2.29. The molecule has 2 unspecified atom stereocenters. The van der Waals surface area contributed by atoms with Crippen molar-refractivity contribution in [2.24, 2.45) is 5.73 Å². The van der Waals surface area contributed by atoms with E-state index >= 15 is 0 Å². The molecule has 5 nitrogen and oxygen atoms in total. The van der Waals surface area contributed by atoms with Crippen molar-refractivity contribution >= 4 is 17.7 Å². The molecular formula is C10H15N3O2S. The predicted molar refractivity (Wildman–Crippen MR) is 62.2 cm³/mol. The minimum Gasteiger partial charge on any atom is -0.480 e. The molecule has 0 bridgehead atoms. The van der Waals surface area contributed by atoms with Gasteiger partial charge in [-0.25, -0.2) is 9.97 Å². The summed E-state index contributed by atoms with van der Waals surface area (Å²) in [5.74, 6) is -0.992. The molecule has 16 heavy (non-hydrogen) atoms. The van der Waals surface area contributed by atoms with E-state index in [2.05, 4.69) is 9.97 Å². The standard InChI is InChI=1S/C10H15N3O2S/c1-7(6-10(2,11)8(14)15)16-9-12-4-3-5-13-9/h3-5,7H,6,11H2,1-2H3,(H,14,15). The molecule has 0 saturated heterocycles. The Balaban J connectivity index is 2.54. The molecule has 0 saturated carbocycles. The van der Waals surface area contributed by atoms with Crippen LogP contribution >= 0.6 is 11.8 Å². The highest BCUT2D eigenvalue weighted by Gasteiger charge is 2.30. The molecule has 0 aliphatic rings. The molecule has 6 heteroatoms. The summed E-state index contributed by atoms with van der Waals surface area (Å²) in [4.78, 5) is 19.0. The minimum absolute atomic E-state index is 0.0495. The molecule has 0 fully saturated rings. The quantitative estimate of drug-likeness (QED) is 0.593. The number of carboxylic acids is 1. The first-order chi connectivity index (χ1) is 7.42. The van der Waals surface area contributed by atoms with Gasteiger partial charge in [-0.1, -0.05) is 18.7 Å². The van der Waals surface area contributed by atoms with Gasteiger partial charge in [-0.05, 0) is 19.4 Å². The van der Waals surface area contributed by atoms with Crippen molar-refractivity contribution in [2.75, 3.05) is 0 Å². The Kier molecular flexibility index (Phi) is 4.26. The summed E-state index contributed by atoms with van der Waals surface area (Å²) in [6.07, 6.45) is 3.67. The zero-order chi connectivity index (χ0) is 12.2. The van der Waals surface area contributed by atoms with Crippen LogP contribution < -0.4 is 5.73 Å². The Morgan fingerprint density at radius 2 is 2.19 bits per heavy atom. The summed E-state index contributed by atoms with van der Waals surface area (Å²) < 4.78 is 0. The van der Waals surface area contributed by atoms with Gasteiger partial charge in [0, 0.05) is 17.6 Å². The number of carboxylic acid groups (broad SMARTS) is 1. The van der Waals surface area contributed by atoms with E-state index in [1.54, 1.807) is 18.5 Å². The van der Waals surface area contributed by atoms with E-state index in [1.807, 2.05) is 6.92 Å². The number of nitrogens with two attached hydrogens (primary N) is 1. The van der Waals surface area contributed by atoms with Crippen LogP contribution in [0.2, 0.25) is 0 Å². The number of hydrogen-bond donors (Lipinski definition) is 2. The van der Waals surface area contributed by atoms with E-state index in [0.717, 1.165) is 0 Å². The molecule has 0 aromatic carbocycles. The summed E-state index contributed by atoms with van der Waals surface area (Å²) in [5.41, 5.74) is 4.45. The lowest BCUT2D eigenvalue weighted by Crippen LogP contribution is -2.46. The number of hydrogen-bond acceptors (Lipinski definition) is 5. The Hall–Kier alpha value is -1.14. The fourth-order valence-electron chi connectivity index (χ4n) is 1.25. The van der Waals surface area contributed by atoms with E-state index in [1.165, 1.54) is 18.7 Å². The normalized spacial score (nSPS) is 16.4. The van der Waals surface area contributed by atoms with Crippen LogP contribution in [-0.2, 0) is 4.79 Å². The predicted octanol–water partition coefficient (Wildman–Crippen LogP) is 1.15. The van der Waals surface area contributed by atoms with Crippen LogP contribution in [0.1, 0.15) is 20.3 Å². The van der Waals surface area contributed by atoms with Gasteiger partial charge in [0.15, 0.2) is 5.16 Å². The Morgan fingerprint density at radius 3 is 2.69 bits per heavy atom. The largest absolute Gasteiger partial charge is 0.480 e.